The maximum atomic E-state index is 12.2. The lowest BCUT2D eigenvalue weighted by atomic mass is 9.61. The summed E-state index contributed by atoms with van der Waals surface area (Å²) in [5.74, 6) is -1.00. The third-order valence-corrected chi connectivity index (χ3v) is 4.43. The summed E-state index contributed by atoms with van der Waals surface area (Å²) in [7, 11) is 2.63. The summed E-state index contributed by atoms with van der Waals surface area (Å²) in [4.78, 5) is 24.4. The molecule has 104 valence electrons. The van der Waals surface area contributed by atoms with Crippen molar-refractivity contribution in [3.8, 4) is 0 Å². The molecule has 0 aliphatic heterocycles. The Balaban J connectivity index is 2.48. The molecule has 2 aliphatic carbocycles. The van der Waals surface area contributed by atoms with Crippen LogP contribution >= 0.6 is 0 Å². The van der Waals surface area contributed by atoms with Crippen LogP contribution in [0.3, 0.4) is 0 Å². The van der Waals surface area contributed by atoms with Crippen LogP contribution in [0.2, 0.25) is 0 Å². The van der Waals surface area contributed by atoms with Gasteiger partial charge < -0.3 is 9.47 Å². The van der Waals surface area contributed by atoms with Crippen LogP contribution in [0.1, 0.15) is 33.1 Å². The van der Waals surface area contributed by atoms with Crippen molar-refractivity contribution in [2.45, 2.75) is 33.1 Å². The second-order valence-corrected chi connectivity index (χ2v) is 5.72. The van der Waals surface area contributed by atoms with Crippen LogP contribution < -0.4 is 0 Å². The summed E-state index contributed by atoms with van der Waals surface area (Å²) in [6.07, 6.45) is 5.77. The number of esters is 2. The van der Waals surface area contributed by atoms with Gasteiger partial charge in [0.15, 0.2) is 5.41 Å². The summed E-state index contributed by atoms with van der Waals surface area (Å²) in [6.45, 7) is 4.11. The van der Waals surface area contributed by atoms with Crippen LogP contribution in [-0.2, 0) is 19.1 Å². The molecule has 2 rings (SSSR count). The third-order valence-electron chi connectivity index (χ3n) is 4.43. The molecule has 4 nitrogen and oxygen atoms in total. The highest BCUT2D eigenvalue weighted by Crippen LogP contribution is 2.55. The zero-order chi connectivity index (χ0) is 14.3. The number of hydrogen-bond acceptors (Lipinski definition) is 4. The van der Waals surface area contributed by atoms with E-state index in [0.717, 1.165) is 12.0 Å². The van der Waals surface area contributed by atoms with Crippen molar-refractivity contribution in [2.75, 3.05) is 14.2 Å². The lowest BCUT2D eigenvalue weighted by molar-refractivity contribution is -0.171. The first-order chi connectivity index (χ1) is 8.89. The first-order valence-corrected chi connectivity index (χ1v) is 6.44. The summed E-state index contributed by atoms with van der Waals surface area (Å²) >= 11 is 0. The smallest absolute Gasteiger partial charge is 0.323 e. The number of allylic oxidation sites excluding steroid dienone is 4. The standard InChI is InChI=1S/C15H20O4/c1-10-5-8-15(12(16)18-3,13(17)19-4)9-14(2)7-6-11(10)14/h5-6H,7-9H2,1-4H3/t14-/m0/s1. The van der Waals surface area contributed by atoms with Gasteiger partial charge in [0.1, 0.15) is 0 Å². The van der Waals surface area contributed by atoms with Crippen molar-refractivity contribution in [3.05, 3.63) is 23.3 Å². The highest BCUT2D eigenvalue weighted by molar-refractivity contribution is 6.00. The van der Waals surface area contributed by atoms with E-state index in [4.69, 9.17) is 9.47 Å². The van der Waals surface area contributed by atoms with Crippen LogP contribution in [0, 0.1) is 10.8 Å². The van der Waals surface area contributed by atoms with E-state index in [1.807, 2.05) is 13.0 Å². The Bertz CT molecular complexity index is 470. The zero-order valence-electron chi connectivity index (χ0n) is 11.9. The Kier molecular flexibility index (Phi) is 3.29. The van der Waals surface area contributed by atoms with Gasteiger partial charge in [0.2, 0.25) is 0 Å². The lowest BCUT2D eigenvalue weighted by Gasteiger charge is -2.42. The second kappa shape index (κ2) is 4.51. The monoisotopic (exact) mass is 264 g/mol. The van der Waals surface area contributed by atoms with E-state index in [-0.39, 0.29) is 5.41 Å². The fraction of sp³-hybridized carbons (Fsp3) is 0.600. The van der Waals surface area contributed by atoms with Crippen LogP contribution in [-0.4, -0.2) is 26.2 Å². The molecule has 0 radical (unpaired) electrons. The van der Waals surface area contributed by atoms with Crippen molar-refractivity contribution in [1.29, 1.82) is 0 Å². The van der Waals surface area contributed by atoms with E-state index in [2.05, 4.69) is 13.0 Å². The van der Waals surface area contributed by atoms with E-state index in [9.17, 15) is 9.59 Å². The summed E-state index contributed by atoms with van der Waals surface area (Å²) in [6, 6.07) is 0. The van der Waals surface area contributed by atoms with Gasteiger partial charge in [-0.3, -0.25) is 9.59 Å². The Morgan fingerprint density at radius 1 is 1.11 bits per heavy atom. The largest absolute Gasteiger partial charge is 0.468 e. The normalized spacial score (nSPS) is 28.0. The number of ether oxygens (including phenoxy) is 2. The third kappa shape index (κ3) is 1.90. The highest BCUT2D eigenvalue weighted by atomic mass is 16.5. The molecule has 0 bridgehead atoms. The van der Waals surface area contributed by atoms with E-state index >= 15 is 0 Å². The Labute approximate surface area is 113 Å². The van der Waals surface area contributed by atoms with Gasteiger partial charge in [0, 0.05) is 0 Å². The van der Waals surface area contributed by atoms with Crippen molar-refractivity contribution in [3.63, 3.8) is 0 Å². The van der Waals surface area contributed by atoms with Gasteiger partial charge in [-0.1, -0.05) is 24.6 Å². The Hall–Kier alpha value is -1.58. The molecule has 0 aromatic rings. The second-order valence-electron chi connectivity index (χ2n) is 5.72. The number of fused-ring (bicyclic) bond motifs is 1. The predicted octanol–water partition coefficient (Wildman–Crippen LogP) is 2.40. The molecule has 0 N–H and O–H groups in total. The van der Waals surface area contributed by atoms with E-state index < -0.39 is 17.4 Å². The fourth-order valence-corrected chi connectivity index (χ4v) is 3.32. The molecule has 0 aromatic carbocycles. The molecule has 0 amide bonds. The highest BCUT2D eigenvalue weighted by Gasteiger charge is 2.55. The molecule has 19 heavy (non-hydrogen) atoms. The van der Waals surface area contributed by atoms with Crippen LogP contribution in [0.25, 0.3) is 0 Å². The maximum absolute atomic E-state index is 12.2. The van der Waals surface area contributed by atoms with Gasteiger partial charge in [0.25, 0.3) is 0 Å². The average molecular weight is 264 g/mol. The van der Waals surface area contributed by atoms with Gasteiger partial charge in [-0.05, 0) is 37.2 Å². The number of hydrogen-bond donors (Lipinski definition) is 0. The average Bonchev–Trinajstić information content (AvgIpc) is 2.46. The molecule has 0 saturated carbocycles. The molecule has 1 atom stereocenters. The SMILES string of the molecule is COC(=O)C1(C(=O)OC)CC=C(C)C2=CC[C@@]2(C)C1. The first kappa shape index (κ1) is 13.8. The van der Waals surface area contributed by atoms with Crippen molar-refractivity contribution >= 4 is 11.9 Å². The number of carbonyl (C=O) groups excluding carboxylic acids is 2. The molecular formula is C15H20O4. The van der Waals surface area contributed by atoms with Crippen molar-refractivity contribution in [2.24, 2.45) is 10.8 Å². The Morgan fingerprint density at radius 3 is 2.11 bits per heavy atom. The number of methoxy groups -OCH3 is 2. The number of carbonyl (C=O) groups is 2. The number of rotatable bonds is 2. The summed E-state index contributed by atoms with van der Waals surface area (Å²) in [5.41, 5.74) is 1.03. The minimum Gasteiger partial charge on any atom is -0.468 e. The molecule has 2 aliphatic rings. The quantitative estimate of drug-likeness (QED) is 0.567. The van der Waals surface area contributed by atoms with E-state index in [1.165, 1.54) is 19.8 Å². The summed E-state index contributed by atoms with van der Waals surface area (Å²) in [5, 5.41) is 0. The molecule has 0 unspecified atom stereocenters. The molecule has 0 spiro atoms. The summed E-state index contributed by atoms with van der Waals surface area (Å²) < 4.78 is 9.74. The fourth-order valence-electron chi connectivity index (χ4n) is 3.32. The molecule has 0 fully saturated rings. The zero-order valence-corrected chi connectivity index (χ0v) is 11.9. The van der Waals surface area contributed by atoms with Gasteiger partial charge in [0.05, 0.1) is 14.2 Å². The van der Waals surface area contributed by atoms with E-state index in [1.54, 1.807) is 0 Å². The van der Waals surface area contributed by atoms with Gasteiger partial charge >= 0.3 is 11.9 Å². The van der Waals surface area contributed by atoms with E-state index in [0.29, 0.717) is 12.8 Å². The van der Waals surface area contributed by atoms with Crippen LogP contribution in [0.4, 0.5) is 0 Å². The molecule has 0 saturated heterocycles. The van der Waals surface area contributed by atoms with Crippen molar-refractivity contribution in [1.82, 2.24) is 0 Å². The first-order valence-electron chi connectivity index (χ1n) is 6.44. The van der Waals surface area contributed by atoms with Gasteiger partial charge in [-0.25, -0.2) is 0 Å². The van der Waals surface area contributed by atoms with Gasteiger partial charge in [-0.15, -0.1) is 0 Å². The molecule has 0 aromatic heterocycles. The maximum Gasteiger partial charge on any atom is 0.323 e. The molecular weight excluding hydrogens is 244 g/mol. The van der Waals surface area contributed by atoms with Crippen LogP contribution in [0.15, 0.2) is 23.3 Å². The predicted molar refractivity (Wildman–Crippen MR) is 70.3 cm³/mol. The van der Waals surface area contributed by atoms with Crippen molar-refractivity contribution < 1.29 is 19.1 Å². The lowest BCUT2D eigenvalue weighted by Crippen LogP contribution is -2.45. The molecule has 0 heterocycles. The van der Waals surface area contributed by atoms with Gasteiger partial charge in [-0.2, -0.15) is 0 Å². The minimum absolute atomic E-state index is 0.139. The molecule has 4 heteroatoms. The Morgan fingerprint density at radius 2 is 1.68 bits per heavy atom. The van der Waals surface area contributed by atoms with Crippen LogP contribution in [0.5, 0.6) is 0 Å². The topological polar surface area (TPSA) is 52.6 Å². The minimum atomic E-state index is -1.21.